The Kier molecular flexibility index (Phi) is 8.24. The van der Waals surface area contributed by atoms with E-state index in [-0.39, 0.29) is 6.04 Å². The molecule has 0 aliphatic carbocycles. The van der Waals surface area contributed by atoms with Crippen LogP contribution in [0.5, 0.6) is 0 Å². The van der Waals surface area contributed by atoms with Crippen LogP contribution in [-0.4, -0.2) is 21.6 Å². The average Bonchev–Trinajstić information content (AvgIpc) is 2.78. The molecule has 0 aliphatic heterocycles. The Morgan fingerprint density at radius 1 is 0.733 bits per heavy atom. The minimum atomic E-state index is -0.768. The Hall–Kier alpha value is -2.42. The molecule has 1 N–H and O–H groups in total. The first-order valence-electron chi connectivity index (χ1n) is 11.2. The molecule has 2 atom stereocenters. The second-order valence-electron chi connectivity index (χ2n) is 8.54. The summed E-state index contributed by atoms with van der Waals surface area (Å²) in [6, 6.07) is 31.8. The van der Waals surface area contributed by atoms with Gasteiger partial charge in [0.05, 0.1) is 5.60 Å². The molecule has 0 saturated heterocycles. The Balaban J connectivity index is 1.94. The summed E-state index contributed by atoms with van der Waals surface area (Å²) >= 11 is 0. The Morgan fingerprint density at radius 2 is 1.17 bits per heavy atom. The van der Waals surface area contributed by atoms with Gasteiger partial charge in [0.2, 0.25) is 0 Å². The van der Waals surface area contributed by atoms with Gasteiger partial charge in [-0.25, -0.2) is 0 Å². The molecule has 0 aromatic heterocycles. The molecular weight excluding hydrogens is 366 g/mol. The van der Waals surface area contributed by atoms with Gasteiger partial charge in [0.25, 0.3) is 0 Å². The van der Waals surface area contributed by atoms with Crippen molar-refractivity contribution in [3.8, 4) is 0 Å². The van der Waals surface area contributed by atoms with E-state index in [4.69, 9.17) is 0 Å². The molecule has 0 radical (unpaired) electrons. The van der Waals surface area contributed by atoms with Gasteiger partial charge in [-0.2, -0.15) is 0 Å². The zero-order valence-electron chi connectivity index (χ0n) is 18.4. The molecule has 3 aromatic rings. The van der Waals surface area contributed by atoms with Gasteiger partial charge in [0.15, 0.2) is 0 Å². The summed E-state index contributed by atoms with van der Waals surface area (Å²) in [7, 11) is 0. The maximum atomic E-state index is 11.7. The molecule has 2 heteroatoms. The van der Waals surface area contributed by atoms with Gasteiger partial charge in [-0.15, -0.1) is 0 Å². The summed E-state index contributed by atoms with van der Waals surface area (Å²) in [5.74, 6) is 0. The molecular formula is C28H35NO. The van der Waals surface area contributed by atoms with E-state index in [0.29, 0.717) is 0 Å². The van der Waals surface area contributed by atoms with Crippen LogP contribution in [0.25, 0.3) is 0 Å². The van der Waals surface area contributed by atoms with Crippen molar-refractivity contribution >= 4 is 0 Å². The van der Waals surface area contributed by atoms with Crippen molar-refractivity contribution in [2.45, 2.75) is 64.3 Å². The highest BCUT2D eigenvalue weighted by Gasteiger charge is 2.36. The Bertz CT molecular complexity index is 804. The number of rotatable bonds is 11. The van der Waals surface area contributed by atoms with E-state index < -0.39 is 5.60 Å². The predicted octanol–water partition coefficient (Wildman–Crippen LogP) is 6.24. The number of hydrogen-bond acceptors (Lipinski definition) is 2. The predicted molar refractivity (Wildman–Crippen MR) is 126 cm³/mol. The monoisotopic (exact) mass is 401 g/mol. The summed E-state index contributed by atoms with van der Waals surface area (Å²) in [6.07, 6.45) is 3.76. The molecule has 0 saturated carbocycles. The normalized spacial score (nSPS) is 14.4. The molecule has 0 unspecified atom stereocenters. The number of unbranched alkanes of at least 4 members (excludes halogenated alkanes) is 1. The first-order chi connectivity index (χ1) is 14.6. The highest BCUT2D eigenvalue weighted by atomic mass is 16.3. The lowest BCUT2D eigenvalue weighted by Gasteiger charge is -2.42. The van der Waals surface area contributed by atoms with Crippen molar-refractivity contribution in [1.82, 2.24) is 4.90 Å². The van der Waals surface area contributed by atoms with Crippen LogP contribution >= 0.6 is 0 Å². The van der Waals surface area contributed by atoms with Crippen molar-refractivity contribution in [2.75, 3.05) is 0 Å². The van der Waals surface area contributed by atoms with E-state index in [0.717, 1.165) is 38.8 Å². The van der Waals surface area contributed by atoms with E-state index in [1.165, 1.54) is 16.7 Å². The van der Waals surface area contributed by atoms with E-state index in [1.54, 1.807) is 0 Å². The first kappa shape index (κ1) is 22.3. The lowest BCUT2D eigenvalue weighted by atomic mass is 9.84. The van der Waals surface area contributed by atoms with Crippen LogP contribution < -0.4 is 0 Å². The lowest BCUT2D eigenvalue weighted by molar-refractivity contribution is -0.0477. The molecule has 0 heterocycles. The third-order valence-electron chi connectivity index (χ3n) is 5.92. The number of benzene rings is 3. The van der Waals surface area contributed by atoms with Crippen molar-refractivity contribution in [1.29, 1.82) is 0 Å². The fourth-order valence-corrected chi connectivity index (χ4v) is 4.19. The van der Waals surface area contributed by atoms with Crippen molar-refractivity contribution in [2.24, 2.45) is 0 Å². The number of nitrogens with zero attached hydrogens (tertiary/aromatic N) is 1. The van der Waals surface area contributed by atoms with Gasteiger partial charge in [-0.1, -0.05) is 111 Å². The van der Waals surface area contributed by atoms with Gasteiger partial charge in [-0.3, -0.25) is 4.90 Å². The van der Waals surface area contributed by atoms with Gasteiger partial charge in [-0.05, 0) is 36.5 Å². The molecule has 0 aliphatic rings. The second kappa shape index (κ2) is 11.1. The van der Waals surface area contributed by atoms with Crippen LogP contribution in [0.4, 0.5) is 0 Å². The zero-order valence-corrected chi connectivity index (χ0v) is 18.4. The summed E-state index contributed by atoms with van der Waals surface area (Å²) in [5, 5.41) is 11.7. The Morgan fingerprint density at radius 3 is 1.60 bits per heavy atom. The summed E-state index contributed by atoms with van der Waals surface area (Å²) in [4.78, 5) is 2.47. The minimum Gasteiger partial charge on any atom is -0.389 e. The quantitative estimate of drug-likeness (QED) is 0.411. The average molecular weight is 402 g/mol. The van der Waals surface area contributed by atoms with Gasteiger partial charge in [0.1, 0.15) is 0 Å². The van der Waals surface area contributed by atoms with Crippen LogP contribution in [0, 0.1) is 0 Å². The number of aliphatic hydroxyl groups is 1. The van der Waals surface area contributed by atoms with Crippen LogP contribution in [0.1, 0.15) is 49.8 Å². The summed E-state index contributed by atoms with van der Waals surface area (Å²) in [6.45, 7) is 5.85. The molecule has 2 nitrogen and oxygen atoms in total. The Labute approximate surface area is 182 Å². The largest absolute Gasteiger partial charge is 0.389 e. The van der Waals surface area contributed by atoms with Crippen LogP contribution in [0.2, 0.25) is 0 Å². The third kappa shape index (κ3) is 6.55. The molecule has 30 heavy (non-hydrogen) atoms. The summed E-state index contributed by atoms with van der Waals surface area (Å²) in [5.41, 5.74) is 3.05. The molecule has 3 rings (SSSR count). The standard InChI is InChI=1S/C28H35NO/c1-3-4-20-28(2,30)27(21-24-14-8-5-9-15-24)29(22-25-16-10-6-11-17-25)23-26-18-12-7-13-19-26/h5-19,27,30H,3-4,20-23H2,1-2H3/t27-,28-/m0/s1. The van der Waals surface area contributed by atoms with Crippen LogP contribution in [0.3, 0.4) is 0 Å². The van der Waals surface area contributed by atoms with Gasteiger partial charge in [0, 0.05) is 19.1 Å². The van der Waals surface area contributed by atoms with Crippen LogP contribution in [-0.2, 0) is 19.5 Å². The molecule has 0 bridgehead atoms. The van der Waals surface area contributed by atoms with Gasteiger partial charge >= 0.3 is 0 Å². The van der Waals surface area contributed by atoms with Crippen LogP contribution in [0.15, 0.2) is 91.0 Å². The summed E-state index contributed by atoms with van der Waals surface area (Å²) < 4.78 is 0. The maximum Gasteiger partial charge on any atom is 0.0777 e. The zero-order chi connectivity index (χ0) is 21.2. The maximum absolute atomic E-state index is 11.7. The minimum absolute atomic E-state index is 0.0202. The van der Waals surface area contributed by atoms with Gasteiger partial charge < -0.3 is 5.11 Å². The van der Waals surface area contributed by atoms with Crippen molar-refractivity contribution in [3.63, 3.8) is 0 Å². The molecule has 3 aromatic carbocycles. The SMILES string of the molecule is CCCC[C@](C)(O)[C@H](Cc1ccccc1)N(Cc1ccccc1)Cc1ccccc1. The number of hydrogen-bond donors (Lipinski definition) is 1. The topological polar surface area (TPSA) is 23.5 Å². The smallest absolute Gasteiger partial charge is 0.0777 e. The molecule has 0 amide bonds. The highest BCUT2D eigenvalue weighted by molar-refractivity contribution is 5.20. The third-order valence-corrected chi connectivity index (χ3v) is 5.92. The van der Waals surface area contributed by atoms with Crippen molar-refractivity contribution in [3.05, 3.63) is 108 Å². The fraction of sp³-hybridized carbons (Fsp3) is 0.357. The highest BCUT2D eigenvalue weighted by Crippen LogP contribution is 2.28. The molecule has 0 fully saturated rings. The molecule has 0 spiro atoms. The fourth-order valence-electron chi connectivity index (χ4n) is 4.19. The van der Waals surface area contributed by atoms with E-state index in [2.05, 4.69) is 103 Å². The van der Waals surface area contributed by atoms with E-state index in [9.17, 15) is 5.11 Å². The van der Waals surface area contributed by atoms with Crippen molar-refractivity contribution < 1.29 is 5.11 Å². The lowest BCUT2D eigenvalue weighted by Crippen LogP contribution is -2.51. The first-order valence-corrected chi connectivity index (χ1v) is 11.2. The van der Waals surface area contributed by atoms with E-state index in [1.807, 2.05) is 6.92 Å². The second-order valence-corrected chi connectivity index (χ2v) is 8.54. The van der Waals surface area contributed by atoms with E-state index >= 15 is 0 Å². The molecule has 158 valence electrons.